The fourth-order valence-electron chi connectivity index (χ4n) is 4.66. The standard InChI is InChI=1S/C26H29N5O2/c32-25(23-19-22-13-7-8-14-31(22)28-23)29-15-17-30(18-16-29)26(33)27-24(20-9-3-1-4-10-20)21-11-5-2-6-12-21/h1-6,9-12,19,24H,7-8,13-18H2,(H,27,33). The first-order valence-electron chi connectivity index (χ1n) is 11.7. The third-order valence-electron chi connectivity index (χ3n) is 6.52. The van der Waals surface area contributed by atoms with Gasteiger partial charge in [-0.05, 0) is 36.5 Å². The molecule has 2 aliphatic heterocycles. The molecule has 0 saturated carbocycles. The van der Waals surface area contributed by atoms with Gasteiger partial charge in [0.25, 0.3) is 5.91 Å². The van der Waals surface area contributed by atoms with Gasteiger partial charge in [-0.15, -0.1) is 0 Å². The van der Waals surface area contributed by atoms with Gasteiger partial charge in [0.1, 0.15) is 0 Å². The molecule has 1 saturated heterocycles. The van der Waals surface area contributed by atoms with E-state index in [2.05, 4.69) is 10.4 Å². The summed E-state index contributed by atoms with van der Waals surface area (Å²) >= 11 is 0. The van der Waals surface area contributed by atoms with Gasteiger partial charge >= 0.3 is 6.03 Å². The molecule has 0 unspecified atom stereocenters. The van der Waals surface area contributed by atoms with Crippen LogP contribution in [0.3, 0.4) is 0 Å². The van der Waals surface area contributed by atoms with Gasteiger partial charge in [0.2, 0.25) is 0 Å². The number of piperazine rings is 1. The van der Waals surface area contributed by atoms with E-state index in [1.165, 1.54) is 0 Å². The lowest BCUT2D eigenvalue weighted by molar-refractivity contribution is 0.0657. The molecule has 3 aromatic rings. The van der Waals surface area contributed by atoms with Crippen molar-refractivity contribution in [2.75, 3.05) is 26.2 Å². The van der Waals surface area contributed by atoms with Gasteiger partial charge in [-0.2, -0.15) is 5.10 Å². The molecular formula is C26H29N5O2. The van der Waals surface area contributed by atoms with Crippen LogP contribution in [0.4, 0.5) is 4.79 Å². The summed E-state index contributed by atoms with van der Waals surface area (Å²) in [5.41, 5.74) is 3.75. The molecule has 2 aromatic carbocycles. The molecule has 7 heteroatoms. The number of nitrogens with zero attached hydrogens (tertiary/aromatic N) is 4. The second-order valence-corrected chi connectivity index (χ2v) is 8.68. The Morgan fingerprint density at radius 2 is 1.39 bits per heavy atom. The summed E-state index contributed by atoms with van der Waals surface area (Å²) in [5, 5.41) is 7.72. The second-order valence-electron chi connectivity index (χ2n) is 8.68. The van der Waals surface area contributed by atoms with Crippen molar-refractivity contribution in [2.45, 2.75) is 31.8 Å². The molecule has 2 aliphatic rings. The minimum absolute atomic E-state index is 0.0385. The van der Waals surface area contributed by atoms with E-state index in [1.807, 2.05) is 76.3 Å². The van der Waals surface area contributed by atoms with Crippen molar-refractivity contribution in [3.05, 3.63) is 89.2 Å². The molecule has 7 nitrogen and oxygen atoms in total. The maximum absolute atomic E-state index is 13.1. The summed E-state index contributed by atoms with van der Waals surface area (Å²) in [6.45, 7) is 2.91. The van der Waals surface area contributed by atoms with Crippen LogP contribution in [0, 0.1) is 0 Å². The number of carbonyl (C=O) groups excluding carboxylic acids is 2. The van der Waals surface area contributed by atoms with Crippen LogP contribution in [0.15, 0.2) is 66.7 Å². The summed E-state index contributed by atoms with van der Waals surface area (Å²) in [6.07, 6.45) is 3.25. The van der Waals surface area contributed by atoms with Gasteiger partial charge in [0.05, 0.1) is 6.04 Å². The predicted octanol–water partition coefficient (Wildman–Crippen LogP) is 3.48. The van der Waals surface area contributed by atoms with Gasteiger partial charge < -0.3 is 15.1 Å². The number of carbonyl (C=O) groups is 2. The molecule has 0 radical (unpaired) electrons. The SMILES string of the molecule is O=C(NC(c1ccccc1)c1ccccc1)N1CCN(C(=O)c2cc3n(n2)CCCC3)CC1. The third-order valence-corrected chi connectivity index (χ3v) is 6.52. The molecule has 170 valence electrons. The van der Waals surface area contributed by atoms with E-state index in [1.54, 1.807) is 4.90 Å². The predicted molar refractivity (Wildman–Crippen MR) is 126 cm³/mol. The van der Waals surface area contributed by atoms with Crippen molar-refractivity contribution in [3.63, 3.8) is 0 Å². The number of benzene rings is 2. The number of amides is 3. The number of rotatable bonds is 4. The number of aromatic nitrogens is 2. The lowest BCUT2D eigenvalue weighted by Crippen LogP contribution is -2.53. The molecule has 5 rings (SSSR count). The maximum Gasteiger partial charge on any atom is 0.318 e. The lowest BCUT2D eigenvalue weighted by Gasteiger charge is -2.35. The summed E-state index contributed by atoms with van der Waals surface area (Å²) in [7, 11) is 0. The number of hydrogen-bond acceptors (Lipinski definition) is 3. The quantitative estimate of drug-likeness (QED) is 0.671. The molecule has 0 atom stereocenters. The van der Waals surface area contributed by atoms with Crippen LogP contribution in [0.1, 0.15) is 46.2 Å². The number of fused-ring (bicyclic) bond motifs is 1. The van der Waals surface area contributed by atoms with Gasteiger partial charge in [-0.25, -0.2) is 4.79 Å². The zero-order valence-electron chi connectivity index (χ0n) is 18.7. The molecule has 1 fully saturated rings. The van der Waals surface area contributed by atoms with E-state index < -0.39 is 0 Å². The van der Waals surface area contributed by atoms with E-state index in [0.29, 0.717) is 31.9 Å². The van der Waals surface area contributed by atoms with Crippen LogP contribution in [0.25, 0.3) is 0 Å². The maximum atomic E-state index is 13.1. The second kappa shape index (κ2) is 9.48. The molecule has 0 aliphatic carbocycles. The molecule has 1 N–H and O–H groups in total. The van der Waals surface area contributed by atoms with Gasteiger partial charge in [-0.1, -0.05) is 60.7 Å². The van der Waals surface area contributed by atoms with Gasteiger partial charge in [-0.3, -0.25) is 9.48 Å². The first-order valence-corrected chi connectivity index (χ1v) is 11.7. The summed E-state index contributed by atoms with van der Waals surface area (Å²) in [5.74, 6) is -0.0385. The third kappa shape index (κ3) is 4.62. The van der Waals surface area contributed by atoms with Crippen LogP contribution in [0.5, 0.6) is 0 Å². The van der Waals surface area contributed by atoms with Crippen LogP contribution in [-0.4, -0.2) is 57.7 Å². The molecule has 3 amide bonds. The first-order chi connectivity index (χ1) is 16.2. The van der Waals surface area contributed by atoms with Crippen molar-refractivity contribution in [3.8, 4) is 0 Å². The lowest BCUT2D eigenvalue weighted by atomic mass is 9.99. The molecule has 3 heterocycles. The minimum atomic E-state index is -0.226. The van der Waals surface area contributed by atoms with E-state index in [4.69, 9.17) is 0 Å². The number of urea groups is 1. The largest absolute Gasteiger partial charge is 0.334 e. The fraction of sp³-hybridized carbons (Fsp3) is 0.346. The molecular weight excluding hydrogens is 414 g/mol. The Balaban J connectivity index is 1.22. The highest BCUT2D eigenvalue weighted by molar-refractivity contribution is 5.92. The van der Waals surface area contributed by atoms with Crippen LogP contribution >= 0.6 is 0 Å². The monoisotopic (exact) mass is 443 g/mol. The molecule has 1 aromatic heterocycles. The number of hydrogen-bond donors (Lipinski definition) is 1. The van der Waals surface area contributed by atoms with Crippen molar-refractivity contribution in [1.29, 1.82) is 0 Å². The summed E-state index contributed by atoms with van der Waals surface area (Å²) in [6, 6.07) is 21.6. The highest BCUT2D eigenvalue weighted by Crippen LogP contribution is 2.22. The highest BCUT2D eigenvalue weighted by atomic mass is 16.2. The smallest absolute Gasteiger partial charge is 0.318 e. The first kappa shape index (κ1) is 21.2. The van der Waals surface area contributed by atoms with Crippen LogP contribution in [-0.2, 0) is 13.0 Å². The van der Waals surface area contributed by atoms with Crippen LogP contribution in [0.2, 0.25) is 0 Å². The van der Waals surface area contributed by atoms with Crippen molar-refractivity contribution in [1.82, 2.24) is 24.9 Å². The van der Waals surface area contributed by atoms with E-state index in [9.17, 15) is 9.59 Å². The van der Waals surface area contributed by atoms with Gasteiger partial charge in [0, 0.05) is 38.4 Å². The average Bonchev–Trinajstić information content (AvgIpc) is 3.32. The average molecular weight is 444 g/mol. The summed E-state index contributed by atoms with van der Waals surface area (Å²) in [4.78, 5) is 29.7. The number of nitrogens with one attached hydrogen (secondary N) is 1. The number of aryl methyl sites for hydroxylation is 2. The highest BCUT2D eigenvalue weighted by Gasteiger charge is 2.28. The zero-order chi connectivity index (χ0) is 22.6. The van der Waals surface area contributed by atoms with E-state index >= 15 is 0 Å². The van der Waals surface area contributed by atoms with Crippen molar-refractivity contribution >= 4 is 11.9 Å². The minimum Gasteiger partial charge on any atom is -0.334 e. The Bertz CT molecular complexity index is 1040. The van der Waals surface area contributed by atoms with Gasteiger partial charge in [0.15, 0.2) is 5.69 Å². The molecule has 0 bridgehead atoms. The van der Waals surface area contributed by atoms with Crippen molar-refractivity contribution in [2.24, 2.45) is 0 Å². The Morgan fingerprint density at radius 1 is 0.788 bits per heavy atom. The van der Waals surface area contributed by atoms with E-state index in [-0.39, 0.29) is 18.0 Å². The Hall–Kier alpha value is -3.61. The topological polar surface area (TPSA) is 70.5 Å². The Morgan fingerprint density at radius 3 is 2.00 bits per heavy atom. The Labute approximate surface area is 194 Å². The van der Waals surface area contributed by atoms with E-state index in [0.717, 1.165) is 42.6 Å². The normalized spacial score (nSPS) is 15.9. The summed E-state index contributed by atoms with van der Waals surface area (Å²) < 4.78 is 1.97. The van der Waals surface area contributed by atoms with Crippen LogP contribution < -0.4 is 5.32 Å². The molecule has 33 heavy (non-hydrogen) atoms. The zero-order valence-corrected chi connectivity index (χ0v) is 18.7. The Kier molecular flexibility index (Phi) is 6.11. The van der Waals surface area contributed by atoms with Crippen molar-refractivity contribution < 1.29 is 9.59 Å². The molecule has 0 spiro atoms. The fourth-order valence-corrected chi connectivity index (χ4v) is 4.66.